The summed E-state index contributed by atoms with van der Waals surface area (Å²) >= 11 is 5.99. The van der Waals surface area contributed by atoms with E-state index in [-0.39, 0.29) is 11.8 Å². The molecule has 1 fully saturated rings. The van der Waals surface area contributed by atoms with Gasteiger partial charge in [-0.25, -0.2) is 0 Å². The zero-order valence-corrected chi connectivity index (χ0v) is 12.1. The molecule has 17 heavy (non-hydrogen) atoms. The van der Waals surface area contributed by atoms with Gasteiger partial charge in [0.05, 0.1) is 0 Å². The Morgan fingerprint density at radius 3 is 2.35 bits per heavy atom. The van der Waals surface area contributed by atoms with E-state index < -0.39 is 0 Å². The number of rotatable bonds is 5. The second kappa shape index (κ2) is 7.25. The normalized spacial score (nSPS) is 26.9. The molecule has 0 saturated heterocycles. The standard InChI is InChI=1S/C14H26ClNO/c1-10(2)11(3)14(17)16-9-13-7-5-4-6-12(13)8-15/h10-13H,4-9H2,1-3H3,(H,16,17). The highest BCUT2D eigenvalue weighted by atomic mass is 35.5. The monoisotopic (exact) mass is 259 g/mol. The third-order valence-corrected chi connectivity index (χ3v) is 4.61. The lowest BCUT2D eigenvalue weighted by molar-refractivity contribution is -0.126. The molecule has 0 aliphatic heterocycles. The molecular weight excluding hydrogens is 234 g/mol. The molecule has 2 nitrogen and oxygen atoms in total. The van der Waals surface area contributed by atoms with Crippen LogP contribution in [-0.4, -0.2) is 18.3 Å². The molecule has 1 saturated carbocycles. The van der Waals surface area contributed by atoms with Gasteiger partial charge in [0.15, 0.2) is 0 Å². The van der Waals surface area contributed by atoms with Gasteiger partial charge in [0.2, 0.25) is 5.91 Å². The van der Waals surface area contributed by atoms with E-state index in [9.17, 15) is 4.79 Å². The van der Waals surface area contributed by atoms with Crippen molar-refractivity contribution in [2.75, 3.05) is 12.4 Å². The van der Waals surface area contributed by atoms with Gasteiger partial charge >= 0.3 is 0 Å². The number of hydrogen-bond donors (Lipinski definition) is 1. The molecular formula is C14H26ClNO. The van der Waals surface area contributed by atoms with Crippen molar-refractivity contribution in [3.05, 3.63) is 0 Å². The summed E-state index contributed by atoms with van der Waals surface area (Å²) in [6.45, 7) is 6.99. The number of carbonyl (C=O) groups is 1. The quantitative estimate of drug-likeness (QED) is 0.753. The summed E-state index contributed by atoms with van der Waals surface area (Å²) in [4.78, 5) is 11.9. The van der Waals surface area contributed by atoms with Crippen molar-refractivity contribution in [3.8, 4) is 0 Å². The molecule has 3 unspecified atom stereocenters. The molecule has 0 aromatic rings. The van der Waals surface area contributed by atoms with Crippen molar-refractivity contribution < 1.29 is 4.79 Å². The number of amides is 1. The van der Waals surface area contributed by atoms with E-state index >= 15 is 0 Å². The van der Waals surface area contributed by atoms with Crippen LogP contribution in [0, 0.1) is 23.7 Å². The van der Waals surface area contributed by atoms with Crippen molar-refractivity contribution >= 4 is 17.5 Å². The minimum absolute atomic E-state index is 0.105. The Kier molecular flexibility index (Phi) is 6.32. The highest BCUT2D eigenvalue weighted by molar-refractivity contribution is 6.18. The van der Waals surface area contributed by atoms with E-state index in [2.05, 4.69) is 19.2 Å². The number of alkyl halides is 1. The fourth-order valence-corrected chi connectivity index (χ4v) is 2.86. The van der Waals surface area contributed by atoms with Crippen LogP contribution in [0.25, 0.3) is 0 Å². The van der Waals surface area contributed by atoms with Gasteiger partial charge in [-0.1, -0.05) is 33.6 Å². The zero-order valence-electron chi connectivity index (χ0n) is 11.3. The molecule has 0 radical (unpaired) electrons. The molecule has 1 N–H and O–H groups in total. The molecule has 0 aromatic heterocycles. The number of hydrogen-bond acceptors (Lipinski definition) is 1. The van der Waals surface area contributed by atoms with Crippen LogP contribution in [0.5, 0.6) is 0 Å². The summed E-state index contributed by atoms with van der Waals surface area (Å²) in [7, 11) is 0. The minimum Gasteiger partial charge on any atom is -0.356 e. The van der Waals surface area contributed by atoms with E-state index in [0.717, 1.165) is 12.4 Å². The first-order valence-corrected chi connectivity index (χ1v) is 7.43. The highest BCUT2D eigenvalue weighted by Crippen LogP contribution is 2.30. The van der Waals surface area contributed by atoms with Crippen LogP contribution >= 0.6 is 11.6 Å². The van der Waals surface area contributed by atoms with Crippen molar-refractivity contribution in [3.63, 3.8) is 0 Å². The fraction of sp³-hybridized carbons (Fsp3) is 0.929. The summed E-state index contributed by atoms with van der Waals surface area (Å²) < 4.78 is 0. The lowest BCUT2D eigenvalue weighted by Crippen LogP contribution is -2.38. The maximum Gasteiger partial charge on any atom is 0.223 e. The zero-order chi connectivity index (χ0) is 12.8. The molecule has 1 amide bonds. The Hall–Kier alpha value is -0.240. The van der Waals surface area contributed by atoms with Gasteiger partial charge in [0.1, 0.15) is 0 Å². The number of carbonyl (C=O) groups excluding carboxylic acids is 1. The van der Waals surface area contributed by atoms with E-state index in [4.69, 9.17) is 11.6 Å². The van der Waals surface area contributed by atoms with Crippen LogP contribution < -0.4 is 5.32 Å². The van der Waals surface area contributed by atoms with Crippen LogP contribution in [0.2, 0.25) is 0 Å². The Bertz CT molecular complexity index is 242. The molecule has 3 atom stereocenters. The molecule has 100 valence electrons. The van der Waals surface area contributed by atoms with E-state index in [1.807, 2.05) is 6.92 Å². The second-order valence-electron chi connectivity index (χ2n) is 5.74. The molecule has 3 heteroatoms. The van der Waals surface area contributed by atoms with Gasteiger partial charge in [-0.15, -0.1) is 11.6 Å². The summed E-state index contributed by atoms with van der Waals surface area (Å²) in [6, 6.07) is 0. The molecule has 0 bridgehead atoms. The Labute approximate surface area is 110 Å². The van der Waals surface area contributed by atoms with Gasteiger partial charge < -0.3 is 5.32 Å². The lowest BCUT2D eigenvalue weighted by atomic mass is 9.80. The molecule has 0 spiro atoms. The Morgan fingerprint density at radius 2 is 1.82 bits per heavy atom. The van der Waals surface area contributed by atoms with Crippen LogP contribution in [0.15, 0.2) is 0 Å². The van der Waals surface area contributed by atoms with Crippen LogP contribution in [-0.2, 0) is 4.79 Å². The first kappa shape index (κ1) is 14.8. The summed E-state index contributed by atoms with van der Waals surface area (Å²) in [5.74, 6) is 2.63. The highest BCUT2D eigenvalue weighted by Gasteiger charge is 2.25. The van der Waals surface area contributed by atoms with Crippen molar-refractivity contribution in [1.82, 2.24) is 5.32 Å². The van der Waals surface area contributed by atoms with Gasteiger partial charge in [0.25, 0.3) is 0 Å². The smallest absolute Gasteiger partial charge is 0.223 e. The number of nitrogens with one attached hydrogen (secondary N) is 1. The van der Waals surface area contributed by atoms with Crippen molar-refractivity contribution in [2.24, 2.45) is 23.7 Å². The average Bonchev–Trinajstić information content (AvgIpc) is 2.35. The van der Waals surface area contributed by atoms with Crippen LogP contribution in [0.4, 0.5) is 0 Å². The van der Waals surface area contributed by atoms with Crippen molar-refractivity contribution in [1.29, 1.82) is 0 Å². The lowest BCUT2D eigenvalue weighted by Gasteiger charge is -2.30. The summed E-state index contributed by atoms with van der Waals surface area (Å²) in [5, 5.41) is 3.10. The largest absolute Gasteiger partial charge is 0.356 e. The maximum absolute atomic E-state index is 11.9. The van der Waals surface area contributed by atoms with Gasteiger partial charge in [-0.2, -0.15) is 0 Å². The van der Waals surface area contributed by atoms with Crippen LogP contribution in [0.1, 0.15) is 46.5 Å². The molecule has 1 rings (SSSR count). The first-order chi connectivity index (χ1) is 8.06. The average molecular weight is 260 g/mol. The first-order valence-electron chi connectivity index (χ1n) is 6.90. The Balaban J connectivity index is 2.35. The number of halogens is 1. The van der Waals surface area contributed by atoms with Crippen LogP contribution in [0.3, 0.4) is 0 Å². The van der Waals surface area contributed by atoms with Gasteiger partial charge in [-0.05, 0) is 30.6 Å². The van der Waals surface area contributed by atoms with E-state index in [1.54, 1.807) is 0 Å². The minimum atomic E-state index is 0.105. The van der Waals surface area contributed by atoms with Gasteiger partial charge in [-0.3, -0.25) is 4.79 Å². The third-order valence-electron chi connectivity index (χ3n) is 4.22. The predicted molar refractivity (Wildman–Crippen MR) is 73.2 cm³/mol. The van der Waals surface area contributed by atoms with E-state index in [1.165, 1.54) is 25.7 Å². The van der Waals surface area contributed by atoms with Gasteiger partial charge in [0, 0.05) is 18.3 Å². The predicted octanol–water partition coefficient (Wildman–Crippen LogP) is 3.44. The maximum atomic E-state index is 11.9. The molecule has 1 aliphatic carbocycles. The Morgan fingerprint density at radius 1 is 1.24 bits per heavy atom. The summed E-state index contributed by atoms with van der Waals surface area (Å²) in [5.41, 5.74) is 0. The molecule has 1 aliphatic rings. The van der Waals surface area contributed by atoms with E-state index in [0.29, 0.717) is 17.8 Å². The SMILES string of the molecule is CC(C)C(C)C(=O)NCC1CCCCC1CCl. The molecule has 0 heterocycles. The topological polar surface area (TPSA) is 29.1 Å². The second-order valence-corrected chi connectivity index (χ2v) is 6.05. The fourth-order valence-electron chi connectivity index (χ4n) is 2.45. The molecule has 0 aromatic carbocycles. The third kappa shape index (κ3) is 4.50. The van der Waals surface area contributed by atoms with Crippen molar-refractivity contribution in [2.45, 2.75) is 46.5 Å². The summed E-state index contributed by atoms with van der Waals surface area (Å²) in [6.07, 6.45) is 5.02.